The minimum absolute atomic E-state index is 0.0167. The molecule has 3 rings (SSSR count). The Morgan fingerprint density at radius 2 is 2.04 bits per heavy atom. The van der Waals surface area contributed by atoms with Crippen LogP contribution in [0.2, 0.25) is 15.1 Å². The molecule has 0 aliphatic rings. The predicted molar refractivity (Wildman–Crippen MR) is 94.6 cm³/mol. The quantitative estimate of drug-likeness (QED) is 0.629. The van der Waals surface area contributed by atoms with Crippen molar-refractivity contribution >= 4 is 46.4 Å². The van der Waals surface area contributed by atoms with Crippen LogP contribution in [0.5, 0.6) is 0 Å². The van der Waals surface area contributed by atoms with Crippen molar-refractivity contribution in [1.82, 2.24) is 14.4 Å². The number of carbonyl (C=O) groups excluding carboxylic acids is 1. The van der Waals surface area contributed by atoms with Crippen LogP contribution < -0.4 is 5.56 Å². The Bertz CT molecular complexity index is 1050. The van der Waals surface area contributed by atoms with Crippen molar-refractivity contribution in [3.05, 3.63) is 73.0 Å². The van der Waals surface area contributed by atoms with Gasteiger partial charge < -0.3 is 4.74 Å². The lowest BCUT2D eigenvalue weighted by atomic mass is 10.3. The van der Waals surface area contributed by atoms with E-state index in [9.17, 15) is 9.59 Å². The van der Waals surface area contributed by atoms with E-state index in [0.29, 0.717) is 11.3 Å². The van der Waals surface area contributed by atoms with E-state index in [0.717, 1.165) is 5.56 Å². The summed E-state index contributed by atoms with van der Waals surface area (Å²) in [5, 5.41) is 0.0486. The highest BCUT2D eigenvalue weighted by Crippen LogP contribution is 2.31. The van der Waals surface area contributed by atoms with Crippen molar-refractivity contribution in [2.45, 2.75) is 13.5 Å². The minimum atomic E-state index is -0.796. The summed E-state index contributed by atoms with van der Waals surface area (Å²) in [6, 6.07) is 4.88. The first-order valence-corrected chi connectivity index (χ1v) is 8.16. The molecule has 0 saturated heterocycles. The molecule has 3 aromatic rings. The summed E-state index contributed by atoms with van der Waals surface area (Å²) < 4.78 is 6.55. The van der Waals surface area contributed by atoms with Crippen molar-refractivity contribution in [3.63, 3.8) is 0 Å². The maximum absolute atomic E-state index is 12.1. The van der Waals surface area contributed by atoms with Gasteiger partial charge in [-0.3, -0.25) is 9.20 Å². The van der Waals surface area contributed by atoms with E-state index >= 15 is 0 Å². The predicted octanol–water partition coefficient (Wildman–Crippen LogP) is 3.72. The lowest BCUT2D eigenvalue weighted by Crippen LogP contribution is -2.17. The number of aromatic nitrogens is 3. The van der Waals surface area contributed by atoms with E-state index < -0.39 is 5.97 Å². The van der Waals surface area contributed by atoms with Crippen LogP contribution in [0.3, 0.4) is 0 Å². The van der Waals surface area contributed by atoms with Gasteiger partial charge in [-0.15, -0.1) is 0 Å². The molecule has 0 N–H and O–H groups in total. The largest absolute Gasteiger partial charge is 0.454 e. The topological polar surface area (TPSA) is 73.6 Å². The van der Waals surface area contributed by atoms with Crippen molar-refractivity contribution in [1.29, 1.82) is 0 Å². The third-order valence-electron chi connectivity index (χ3n) is 3.40. The van der Waals surface area contributed by atoms with E-state index in [1.807, 2.05) is 13.0 Å². The van der Waals surface area contributed by atoms with Gasteiger partial charge in [-0.25, -0.2) is 14.8 Å². The maximum Gasteiger partial charge on any atom is 0.358 e. The summed E-state index contributed by atoms with van der Waals surface area (Å²) in [6.07, 6.45) is 2.82. The number of esters is 1. The Hall–Kier alpha value is -2.15. The van der Waals surface area contributed by atoms with Crippen LogP contribution in [0.25, 0.3) is 5.65 Å². The molecule has 0 atom stereocenters. The van der Waals surface area contributed by atoms with Gasteiger partial charge >= 0.3 is 5.97 Å². The van der Waals surface area contributed by atoms with Crippen molar-refractivity contribution in [2.24, 2.45) is 0 Å². The molecule has 128 valence electrons. The molecule has 25 heavy (non-hydrogen) atoms. The fraction of sp³-hybridized carbons (Fsp3) is 0.125. The Balaban J connectivity index is 1.86. The molecule has 0 aromatic carbocycles. The molecular formula is C16H10Cl3N3O3. The number of nitrogens with zero attached hydrogens (tertiary/aromatic N) is 3. The average Bonchev–Trinajstić information content (AvgIpc) is 2.59. The molecule has 0 unspecified atom stereocenters. The van der Waals surface area contributed by atoms with Gasteiger partial charge in [0.15, 0.2) is 5.69 Å². The van der Waals surface area contributed by atoms with Crippen molar-refractivity contribution in [2.75, 3.05) is 0 Å². The molecule has 0 amide bonds. The summed E-state index contributed by atoms with van der Waals surface area (Å²) in [5.74, 6) is -0.796. The summed E-state index contributed by atoms with van der Waals surface area (Å²) in [4.78, 5) is 32.4. The minimum Gasteiger partial charge on any atom is -0.454 e. The molecule has 0 aliphatic heterocycles. The molecule has 0 bridgehead atoms. The Kier molecular flexibility index (Phi) is 4.94. The summed E-state index contributed by atoms with van der Waals surface area (Å²) >= 11 is 17.6. The molecule has 9 heteroatoms. The van der Waals surface area contributed by atoms with E-state index in [1.165, 1.54) is 16.7 Å². The van der Waals surface area contributed by atoms with Gasteiger partial charge in [-0.05, 0) is 18.6 Å². The highest BCUT2D eigenvalue weighted by atomic mass is 35.5. The van der Waals surface area contributed by atoms with E-state index in [1.54, 1.807) is 12.3 Å². The second-order valence-electron chi connectivity index (χ2n) is 5.13. The van der Waals surface area contributed by atoms with Crippen LogP contribution in [-0.4, -0.2) is 20.3 Å². The Labute approximate surface area is 156 Å². The molecule has 6 nitrogen and oxygen atoms in total. The molecule has 0 radical (unpaired) electrons. The van der Waals surface area contributed by atoms with E-state index in [4.69, 9.17) is 39.5 Å². The number of hydrogen-bond donors (Lipinski definition) is 0. The highest BCUT2D eigenvalue weighted by molar-refractivity contribution is 6.48. The molecular weight excluding hydrogens is 389 g/mol. The molecule has 3 heterocycles. The van der Waals surface area contributed by atoms with Crippen LogP contribution in [0.1, 0.15) is 21.7 Å². The smallest absolute Gasteiger partial charge is 0.358 e. The van der Waals surface area contributed by atoms with Gasteiger partial charge in [0.1, 0.15) is 12.3 Å². The second-order valence-corrected chi connectivity index (χ2v) is 6.29. The number of rotatable bonds is 3. The number of carbonyl (C=O) groups is 1. The number of pyridine rings is 2. The molecule has 3 aromatic heterocycles. The summed E-state index contributed by atoms with van der Waals surface area (Å²) in [6.45, 7) is 1.62. The Morgan fingerprint density at radius 1 is 1.28 bits per heavy atom. The maximum atomic E-state index is 12.1. The third kappa shape index (κ3) is 3.46. The zero-order valence-electron chi connectivity index (χ0n) is 12.8. The fourth-order valence-electron chi connectivity index (χ4n) is 2.18. The van der Waals surface area contributed by atoms with E-state index in [-0.39, 0.29) is 32.9 Å². The SMILES string of the molecule is Cc1cccn2c(=O)cc(COC(=O)c3ncc(Cl)c(Cl)c3Cl)nc12. The lowest BCUT2D eigenvalue weighted by Gasteiger charge is -2.08. The highest BCUT2D eigenvalue weighted by Gasteiger charge is 2.19. The average molecular weight is 399 g/mol. The zero-order valence-corrected chi connectivity index (χ0v) is 15.1. The van der Waals surface area contributed by atoms with Gasteiger partial charge in [0.25, 0.3) is 5.56 Å². The van der Waals surface area contributed by atoms with Crippen LogP contribution >= 0.6 is 34.8 Å². The number of halogens is 3. The normalized spacial score (nSPS) is 10.9. The van der Waals surface area contributed by atoms with Crippen LogP contribution in [0, 0.1) is 6.92 Å². The van der Waals surface area contributed by atoms with Gasteiger partial charge in [0.05, 0.1) is 20.8 Å². The molecule has 0 fully saturated rings. The van der Waals surface area contributed by atoms with Crippen molar-refractivity contribution < 1.29 is 9.53 Å². The van der Waals surface area contributed by atoms with Gasteiger partial charge in [-0.2, -0.15) is 0 Å². The first kappa shape index (κ1) is 17.7. The molecule has 0 spiro atoms. The van der Waals surface area contributed by atoms with Crippen LogP contribution in [0.15, 0.2) is 35.4 Å². The lowest BCUT2D eigenvalue weighted by molar-refractivity contribution is 0.0461. The monoisotopic (exact) mass is 397 g/mol. The van der Waals surface area contributed by atoms with Crippen molar-refractivity contribution in [3.8, 4) is 0 Å². The van der Waals surface area contributed by atoms with Gasteiger partial charge in [0.2, 0.25) is 0 Å². The first-order valence-electron chi connectivity index (χ1n) is 7.03. The molecule has 0 aliphatic carbocycles. The Morgan fingerprint density at radius 3 is 2.80 bits per heavy atom. The first-order chi connectivity index (χ1) is 11.9. The summed E-state index contributed by atoms with van der Waals surface area (Å²) in [5.41, 5.74) is 1.19. The number of hydrogen-bond acceptors (Lipinski definition) is 5. The molecule has 0 saturated carbocycles. The van der Waals surface area contributed by atoms with E-state index in [2.05, 4.69) is 9.97 Å². The number of ether oxygens (including phenoxy) is 1. The fourth-order valence-corrected chi connectivity index (χ4v) is 2.73. The third-order valence-corrected chi connectivity index (χ3v) is 4.64. The number of aryl methyl sites for hydroxylation is 1. The zero-order chi connectivity index (χ0) is 18.1. The van der Waals surface area contributed by atoms with Gasteiger partial charge in [-0.1, -0.05) is 40.9 Å². The summed E-state index contributed by atoms with van der Waals surface area (Å²) in [7, 11) is 0. The van der Waals surface area contributed by atoms with Crippen LogP contribution in [-0.2, 0) is 11.3 Å². The second kappa shape index (κ2) is 7.00. The van der Waals surface area contributed by atoms with Crippen LogP contribution in [0.4, 0.5) is 0 Å². The van der Waals surface area contributed by atoms with Gasteiger partial charge in [0, 0.05) is 18.5 Å². The standard InChI is InChI=1S/C16H10Cl3N3O3/c1-8-3-2-4-22-11(23)5-9(21-15(8)22)7-25-16(24)14-13(19)12(18)10(17)6-20-14/h2-6H,7H2,1H3. The number of fused-ring (bicyclic) bond motifs is 1.